The van der Waals surface area contributed by atoms with E-state index in [0.717, 1.165) is 6.92 Å². The first-order chi connectivity index (χ1) is 12.8. The molecule has 0 spiro atoms. The standard InChI is InChI=1S/C19H26F6O3/c1-16(23,14(22)13(21)9-20)19(27-3)11-4-10-5-12(19)8-18(6-10,7-11)28-15(26)17(2,24)25/h10-14H,4-9H2,1-3H3. The van der Waals surface area contributed by atoms with Gasteiger partial charge in [0.2, 0.25) is 0 Å². The summed E-state index contributed by atoms with van der Waals surface area (Å²) >= 11 is 0. The van der Waals surface area contributed by atoms with Gasteiger partial charge in [-0.3, -0.25) is 0 Å². The summed E-state index contributed by atoms with van der Waals surface area (Å²) in [5.74, 6) is -6.66. The SMILES string of the molecule is COC1(C(C)(F)C(F)C(F)CF)C2CC3CC1CC(OC(=O)C(C)(F)F)(C3)C2. The van der Waals surface area contributed by atoms with Crippen molar-refractivity contribution in [2.75, 3.05) is 13.8 Å². The molecule has 28 heavy (non-hydrogen) atoms. The number of carbonyl (C=O) groups is 1. The Hall–Kier alpha value is -0.990. The minimum absolute atomic E-state index is 0.0183. The molecule has 0 amide bonds. The second-order valence-electron chi connectivity index (χ2n) is 8.95. The van der Waals surface area contributed by atoms with Crippen LogP contribution < -0.4 is 0 Å². The van der Waals surface area contributed by atoms with Crippen LogP contribution in [-0.4, -0.2) is 54.9 Å². The molecule has 4 saturated carbocycles. The molecule has 0 saturated heterocycles. The first kappa shape index (κ1) is 21.7. The first-order valence-electron chi connectivity index (χ1n) is 9.52. The Morgan fingerprint density at radius 1 is 1.11 bits per heavy atom. The van der Waals surface area contributed by atoms with Crippen LogP contribution in [0.2, 0.25) is 0 Å². The summed E-state index contributed by atoms with van der Waals surface area (Å²) in [4.78, 5) is 11.8. The summed E-state index contributed by atoms with van der Waals surface area (Å²) in [6.07, 6.45) is -4.11. The van der Waals surface area contributed by atoms with Crippen LogP contribution in [0.1, 0.15) is 46.0 Å². The lowest BCUT2D eigenvalue weighted by Crippen LogP contribution is -2.74. The summed E-state index contributed by atoms with van der Waals surface area (Å²) in [5.41, 5.74) is -5.77. The highest BCUT2D eigenvalue weighted by molar-refractivity contribution is 5.77. The number of halogens is 6. The molecule has 0 heterocycles. The molecule has 4 aliphatic rings. The lowest BCUT2D eigenvalue weighted by molar-refractivity contribution is -0.298. The fourth-order valence-electron chi connectivity index (χ4n) is 6.27. The highest BCUT2D eigenvalue weighted by Crippen LogP contribution is 2.66. The van der Waals surface area contributed by atoms with Crippen LogP contribution in [0.4, 0.5) is 26.3 Å². The molecule has 3 nitrogen and oxygen atoms in total. The van der Waals surface area contributed by atoms with E-state index in [-0.39, 0.29) is 18.8 Å². The summed E-state index contributed by atoms with van der Waals surface area (Å²) < 4.78 is 94.2. The maximum atomic E-state index is 15.8. The molecule has 4 fully saturated rings. The molecule has 0 radical (unpaired) electrons. The lowest BCUT2D eigenvalue weighted by Gasteiger charge is -2.66. The molecular formula is C19H26F6O3. The van der Waals surface area contributed by atoms with Crippen LogP contribution >= 0.6 is 0 Å². The molecular weight excluding hydrogens is 390 g/mol. The highest BCUT2D eigenvalue weighted by atomic mass is 19.3. The van der Waals surface area contributed by atoms with E-state index in [0.29, 0.717) is 26.2 Å². The number of alkyl halides is 6. The molecule has 0 aromatic carbocycles. The number of ether oxygens (including phenoxy) is 2. The van der Waals surface area contributed by atoms with E-state index in [2.05, 4.69) is 0 Å². The fraction of sp³-hybridized carbons (Fsp3) is 0.947. The van der Waals surface area contributed by atoms with Gasteiger partial charge in [-0.1, -0.05) is 0 Å². The van der Waals surface area contributed by atoms with Crippen molar-refractivity contribution in [2.45, 2.75) is 81.1 Å². The summed E-state index contributed by atoms with van der Waals surface area (Å²) in [6, 6.07) is 0. The van der Waals surface area contributed by atoms with Crippen LogP contribution in [0, 0.1) is 17.8 Å². The topological polar surface area (TPSA) is 35.5 Å². The van der Waals surface area contributed by atoms with Gasteiger partial charge in [-0.2, -0.15) is 8.78 Å². The first-order valence-corrected chi connectivity index (χ1v) is 9.52. The van der Waals surface area contributed by atoms with E-state index in [1.807, 2.05) is 0 Å². The molecule has 4 aliphatic carbocycles. The Morgan fingerprint density at radius 3 is 2.07 bits per heavy atom. The minimum atomic E-state index is -3.66. The Kier molecular flexibility index (Phi) is 5.25. The lowest BCUT2D eigenvalue weighted by atomic mass is 9.45. The average molecular weight is 416 g/mol. The summed E-state index contributed by atoms with van der Waals surface area (Å²) in [6.45, 7) is -0.337. The Labute approximate surface area is 160 Å². The van der Waals surface area contributed by atoms with Gasteiger partial charge in [0.1, 0.15) is 17.9 Å². The summed E-state index contributed by atoms with van der Waals surface area (Å²) in [5, 5.41) is 0. The second kappa shape index (κ2) is 6.77. The number of hydrogen-bond acceptors (Lipinski definition) is 3. The molecule has 4 bridgehead atoms. The van der Waals surface area contributed by atoms with Crippen molar-refractivity contribution in [1.82, 2.24) is 0 Å². The zero-order valence-electron chi connectivity index (χ0n) is 16.1. The van der Waals surface area contributed by atoms with Gasteiger partial charge >= 0.3 is 11.9 Å². The molecule has 5 unspecified atom stereocenters. The molecule has 162 valence electrons. The van der Waals surface area contributed by atoms with E-state index in [1.54, 1.807) is 0 Å². The molecule has 9 heteroatoms. The van der Waals surface area contributed by atoms with Crippen LogP contribution in [0.25, 0.3) is 0 Å². The summed E-state index contributed by atoms with van der Waals surface area (Å²) in [7, 11) is 1.20. The van der Waals surface area contributed by atoms with Crippen molar-refractivity contribution in [2.24, 2.45) is 17.8 Å². The van der Waals surface area contributed by atoms with Gasteiger partial charge in [0.05, 0.1) is 0 Å². The Morgan fingerprint density at radius 2 is 1.64 bits per heavy atom. The van der Waals surface area contributed by atoms with Crippen molar-refractivity contribution in [3.05, 3.63) is 0 Å². The predicted molar refractivity (Wildman–Crippen MR) is 88.0 cm³/mol. The van der Waals surface area contributed by atoms with Gasteiger partial charge in [-0.25, -0.2) is 22.4 Å². The number of carbonyl (C=O) groups excluding carboxylic acids is 1. The Balaban J connectivity index is 1.94. The van der Waals surface area contributed by atoms with Gasteiger partial charge in [0.15, 0.2) is 18.0 Å². The van der Waals surface area contributed by atoms with Crippen molar-refractivity contribution in [1.29, 1.82) is 0 Å². The number of methoxy groups -OCH3 is 1. The number of hydrogen-bond donors (Lipinski definition) is 0. The van der Waals surface area contributed by atoms with E-state index < -0.39 is 59.6 Å². The normalized spacial score (nSPS) is 41.4. The van der Waals surface area contributed by atoms with Gasteiger partial charge in [-0.15, -0.1) is 0 Å². The van der Waals surface area contributed by atoms with E-state index >= 15 is 4.39 Å². The third kappa shape index (κ3) is 3.03. The molecule has 0 N–H and O–H groups in total. The molecule has 0 aromatic heterocycles. The average Bonchev–Trinajstić information content (AvgIpc) is 2.58. The molecule has 0 aliphatic heterocycles. The Bertz CT molecular complexity index is 603. The third-order valence-corrected chi connectivity index (χ3v) is 7.10. The number of esters is 1. The molecule has 5 atom stereocenters. The van der Waals surface area contributed by atoms with Crippen molar-refractivity contribution in [3.63, 3.8) is 0 Å². The van der Waals surface area contributed by atoms with Gasteiger partial charge < -0.3 is 9.47 Å². The highest BCUT2D eigenvalue weighted by Gasteiger charge is 2.72. The predicted octanol–water partition coefficient (Wildman–Crippen LogP) is 4.52. The quantitative estimate of drug-likeness (QED) is 0.452. The third-order valence-electron chi connectivity index (χ3n) is 7.10. The van der Waals surface area contributed by atoms with E-state index in [4.69, 9.17) is 9.47 Å². The van der Waals surface area contributed by atoms with Crippen LogP contribution in [-0.2, 0) is 14.3 Å². The van der Waals surface area contributed by atoms with Gasteiger partial charge in [0.25, 0.3) is 0 Å². The fourth-order valence-corrected chi connectivity index (χ4v) is 6.27. The maximum Gasteiger partial charge on any atom is 0.377 e. The monoisotopic (exact) mass is 416 g/mol. The molecule has 4 rings (SSSR count). The number of rotatable bonds is 7. The van der Waals surface area contributed by atoms with Gasteiger partial charge in [-0.05, 0) is 56.8 Å². The van der Waals surface area contributed by atoms with Crippen molar-refractivity contribution < 1.29 is 40.6 Å². The van der Waals surface area contributed by atoms with Crippen molar-refractivity contribution >= 4 is 5.97 Å². The largest absolute Gasteiger partial charge is 0.455 e. The van der Waals surface area contributed by atoms with E-state index in [9.17, 15) is 26.7 Å². The van der Waals surface area contributed by atoms with Gasteiger partial charge in [0, 0.05) is 14.0 Å². The van der Waals surface area contributed by atoms with Crippen LogP contribution in [0.5, 0.6) is 0 Å². The zero-order valence-corrected chi connectivity index (χ0v) is 16.1. The molecule has 0 aromatic rings. The maximum absolute atomic E-state index is 15.8. The van der Waals surface area contributed by atoms with Crippen molar-refractivity contribution in [3.8, 4) is 0 Å². The van der Waals surface area contributed by atoms with Crippen LogP contribution in [0.3, 0.4) is 0 Å². The van der Waals surface area contributed by atoms with Crippen LogP contribution in [0.15, 0.2) is 0 Å². The zero-order chi connectivity index (χ0) is 21.1. The minimum Gasteiger partial charge on any atom is -0.455 e. The smallest absolute Gasteiger partial charge is 0.377 e. The second-order valence-corrected chi connectivity index (χ2v) is 8.95. The van der Waals surface area contributed by atoms with E-state index in [1.165, 1.54) is 7.11 Å².